The first-order valence-corrected chi connectivity index (χ1v) is 8.07. The normalized spacial score (nSPS) is 12.8. The summed E-state index contributed by atoms with van der Waals surface area (Å²) in [5.74, 6) is -0.278. The molecular formula is C18H21F3N4O. The van der Waals surface area contributed by atoms with E-state index in [0.717, 1.165) is 12.5 Å². The lowest BCUT2D eigenvalue weighted by molar-refractivity contribution is -0.142. The van der Waals surface area contributed by atoms with Crippen LogP contribution in [0.3, 0.4) is 0 Å². The number of halogens is 3. The molecule has 1 heterocycles. The van der Waals surface area contributed by atoms with Crippen molar-refractivity contribution in [2.24, 2.45) is 5.92 Å². The average Bonchev–Trinajstić information content (AvgIpc) is 2.60. The van der Waals surface area contributed by atoms with Crippen molar-refractivity contribution in [3.8, 4) is 0 Å². The molecule has 0 saturated heterocycles. The zero-order valence-electron chi connectivity index (χ0n) is 15.0. The topological polar surface area (TPSA) is 49.3 Å². The first-order chi connectivity index (χ1) is 12.1. The van der Waals surface area contributed by atoms with Crippen LogP contribution in [0.4, 0.5) is 23.7 Å². The summed E-state index contributed by atoms with van der Waals surface area (Å²) in [6.07, 6.45) is -2.63. The Hall–Kier alpha value is -2.64. The molecule has 140 valence electrons. The van der Waals surface area contributed by atoms with Crippen LogP contribution >= 0.6 is 0 Å². The van der Waals surface area contributed by atoms with Gasteiger partial charge in [-0.3, -0.25) is 4.90 Å². The van der Waals surface area contributed by atoms with E-state index < -0.39 is 23.9 Å². The van der Waals surface area contributed by atoms with Gasteiger partial charge in [0.2, 0.25) is 0 Å². The minimum atomic E-state index is -4.62. The Morgan fingerprint density at radius 3 is 2.27 bits per heavy atom. The molecule has 1 unspecified atom stereocenters. The number of hydrogen-bond donors (Lipinski definition) is 0. The van der Waals surface area contributed by atoms with Crippen molar-refractivity contribution in [1.29, 1.82) is 0 Å². The van der Waals surface area contributed by atoms with Crippen molar-refractivity contribution in [2.75, 3.05) is 19.0 Å². The average molecular weight is 366 g/mol. The summed E-state index contributed by atoms with van der Waals surface area (Å²) >= 11 is 0. The van der Waals surface area contributed by atoms with Crippen molar-refractivity contribution in [2.45, 2.75) is 26.1 Å². The van der Waals surface area contributed by atoms with E-state index in [1.54, 1.807) is 45.2 Å². The van der Waals surface area contributed by atoms with Gasteiger partial charge in [-0.25, -0.2) is 14.8 Å². The molecule has 1 aromatic heterocycles. The van der Waals surface area contributed by atoms with Crippen LogP contribution in [0.25, 0.3) is 0 Å². The Morgan fingerprint density at radius 2 is 1.73 bits per heavy atom. The molecule has 2 rings (SSSR count). The van der Waals surface area contributed by atoms with E-state index >= 15 is 0 Å². The molecular weight excluding hydrogens is 345 g/mol. The van der Waals surface area contributed by atoms with E-state index in [-0.39, 0.29) is 11.5 Å². The zero-order valence-corrected chi connectivity index (χ0v) is 15.0. The van der Waals surface area contributed by atoms with E-state index in [2.05, 4.69) is 9.97 Å². The van der Waals surface area contributed by atoms with Crippen molar-refractivity contribution >= 4 is 11.7 Å². The predicted octanol–water partition coefficient (Wildman–Crippen LogP) is 4.38. The molecule has 0 fully saturated rings. The van der Waals surface area contributed by atoms with Crippen molar-refractivity contribution in [3.63, 3.8) is 0 Å². The van der Waals surface area contributed by atoms with Crippen LogP contribution < -0.4 is 4.90 Å². The molecule has 1 atom stereocenters. The number of alkyl halides is 3. The van der Waals surface area contributed by atoms with Crippen LogP contribution in [0, 0.1) is 5.92 Å². The fourth-order valence-electron chi connectivity index (χ4n) is 2.93. The molecule has 0 bridgehead atoms. The number of anilines is 1. The number of urea groups is 1. The maximum Gasteiger partial charge on any atom is 0.433 e. The SMILES string of the molecule is CC(C)C(c1cncnc1C(F)(F)F)N(C)C(=O)N(C)c1ccccc1. The third kappa shape index (κ3) is 4.12. The summed E-state index contributed by atoms with van der Waals surface area (Å²) < 4.78 is 40.1. The van der Waals surface area contributed by atoms with Gasteiger partial charge in [0.1, 0.15) is 6.33 Å². The molecule has 0 N–H and O–H groups in total. The molecule has 0 radical (unpaired) electrons. The summed E-state index contributed by atoms with van der Waals surface area (Å²) in [7, 11) is 3.07. The largest absolute Gasteiger partial charge is 0.433 e. The van der Waals surface area contributed by atoms with E-state index in [9.17, 15) is 18.0 Å². The Balaban J connectivity index is 2.41. The number of benzene rings is 1. The Morgan fingerprint density at radius 1 is 1.12 bits per heavy atom. The van der Waals surface area contributed by atoms with E-state index in [1.165, 1.54) is 16.8 Å². The van der Waals surface area contributed by atoms with E-state index in [0.29, 0.717) is 5.69 Å². The van der Waals surface area contributed by atoms with Crippen LogP contribution in [0.15, 0.2) is 42.9 Å². The molecule has 5 nitrogen and oxygen atoms in total. The Labute approximate surface area is 150 Å². The van der Waals surface area contributed by atoms with Crippen molar-refractivity contribution in [3.05, 3.63) is 54.1 Å². The second-order valence-electron chi connectivity index (χ2n) is 6.30. The molecule has 0 spiro atoms. The lowest BCUT2D eigenvalue weighted by atomic mass is 9.94. The number of carbonyl (C=O) groups excluding carboxylic acids is 1. The maximum absolute atomic E-state index is 13.4. The molecule has 0 aliphatic rings. The van der Waals surface area contributed by atoms with Gasteiger partial charge in [0, 0.05) is 31.5 Å². The maximum atomic E-state index is 13.4. The van der Waals surface area contributed by atoms with Gasteiger partial charge in [0.25, 0.3) is 0 Å². The summed E-state index contributed by atoms with van der Waals surface area (Å²) in [5, 5.41) is 0. The van der Waals surface area contributed by atoms with Gasteiger partial charge >= 0.3 is 12.2 Å². The van der Waals surface area contributed by atoms with Gasteiger partial charge in [-0.1, -0.05) is 32.0 Å². The lowest BCUT2D eigenvalue weighted by Crippen LogP contribution is -2.43. The summed E-state index contributed by atoms with van der Waals surface area (Å²) in [6, 6.07) is 7.64. The fourth-order valence-corrected chi connectivity index (χ4v) is 2.93. The van der Waals surface area contributed by atoms with Crippen LogP contribution in [-0.2, 0) is 6.18 Å². The molecule has 0 aliphatic carbocycles. The number of amides is 2. The Kier molecular flexibility index (Phi) is 5.84. The number of nitrogens with zero attached hydrogens (tertiary/aromatic N) is 4. The smallest absolute Gasteiger partial charge is 0.320 e. The number of aromatic nitrogens is 2. The van der Waals surface area contributed by atoms with Gasteiger partial charge in [-0.2, -0.15) is 13.2 Å². The minimum absolute atomic E-state index is 0.118. The van der Waals surface area contributed by atoms with Gasteiger partial charge < -0.3 is 4.90 Å². The highest BCUT2D eigenvalue weighted by molar-refractivity contribution is 5.91. The van der Waals surface area contributed by atoms with Crippen LogP contribution in [0.1, 0.15) is 31.1 Å². The third-order valence-corrected chi connectivity index (χ3v) is 4.11. The van der Waals surface area contributed by atoms with Gasteiger partial charge in [0.05, 0.1) is 6.04 Å². The summed E-state index contributed by atoms with van der Waals surface area (Å²) in [6.45, 7) is 3.51. The number of carbonyl (C=O) groups is 1. The zero-order chi connectivity index (χ0) is 19.5. The number of para-hydroxylation sites is 1. The van der Waals surface area contributed by atoms with Gasteiger partial charge in [-0.05, 0) is 18.1 Å². The molecule has 2 aromatic rings. The predicted molar refractivity (Wildman–Crippen MR) is 92.6 cm³/mol. The summed E-state index contributed by atoms with van der Waals surface area (Å²) in [4.78, 5) is 22.7. The standard InChI is InChI=1S/C18H21F3N4O/c1-12(2)15(14-10-22-11-23-16(14)18(19,20)21)25(4)17(26)24(3)13-8-6-5-7-9-13/h5-12,15H,1-4H3. The van der Waals surface area contributed by atoms with Crippen LogP contribution in [0.5, 0.6) is 0 Å². The Bertz CT molecular complexity index is 750. The minimum Gasteiger partial charge on any atom is -0.320 e. The fraction of sp³-hybridized carbons (Fsp3) is 0.389. The van der Waals surface area contributed by atoms with Crippen LogP contribution in [-0.4, -0.2) is 35.0 Å². The molecule has 0 saturated carbocycles. The second kappa shape index (κ2) is 7.72. The number of rotatable bonds is 4. The first-order valence-electron chi connectivity index (χ1n) is 8.07. The molecule has 26 heavy (non-hydrogen) atoms. The summed E-state index contributed by atoms with van der Waals surface area (Å²) in [5.41, 5.74) is -0.493. The van der Waals surface area contributed by atoms with Gasteiger partial charge in [-0.15, -0.1) is 0 Å². The van der Waals surface area contributed by atoms with Gasteiger partial charge in [0.15, 0.2) is 5.69 Å². The first kappa shape index (κ1) is 19.7. The second-order valence-corrected chi connectivity index (χ2v) is 6.30. The van der Waals surface area contributed by atoms with Crippen molar-refractivity contribution in [1.82, 2.24) is 14.9 Å². The monoisotopic (exact) mass is 366 g/mol. The molecule has 0 aliphatic heterocycles. The molecule has 1 aromatic carbocycles. The molecule has 8 heteroatoms. The van der Waals surface area contributed by atoms with Crippen molar-refractivity contribution < 1.29 is 18.0 Å². The number of hydrogen-bond acceptors (Lipinski definition) is 3. The molecule has 2 amide bonds. The lowest BCUT2D eigenvalue weighted by Gasteiger charge is -2.35. The van der Waals surface area contributed by atoms with E-state index in [4.69, 9.17) is 0 Å². The quantitative estimate of drug-likeness (QED) is 0.807. The highest BCUT2D eigenvalue weighted by Crippen LogP contribution is 2.37. The van der Waals surface area contributed by atoms with E-state index in [1.807, 2.05) is 6.07 Å². The highest BCUT2D eigenvalue weighted by atomic mass is 19.4. The highest BCUT2D eigenvalue weighted by Gasteiger charge is 2.40. The van der Waals surface area contributed by atoms with Crippen LogP contribution in [0.2, 0.25) is 0 Å². The third-order valence-electron chi connectivity index (χ3n) is 4.11.